The Morgan fingerprint density at radius 2 is 2.36 bits per heavy atom. The minimum absolute atomic E-state index is 0.0144. The second kappa shape index (κ2) is 5.06. The molecule has 0 aliphatic heterocycles. The first kappa shape index (κ1) is 11.9. The Kier molecular flexibility index (Phi) is 4.31. The highest BCUT2D eigenvalue weighted by molar-refractivity contribution is 8.01. The van der Waals surface area contributed by atoms with E-state index in [2.05, 4.69) is 9.36 Å². The number of thioether (sulfide) groups is 1. The molecule has 6 heteroatoms. The van der Waals surface area contributed by atoms with Gasteiger partial charge in [0.05, 0.1) is 6.61 Å². The average Bonchev–Trinajstić information content (AvgIpc) is 2.63. The largest absolute Gasteiger partial charge is 0.394 e. The summed E-state index contributed by atoms with van der Waals surface area (Å²) < 4.78 is 5.09. The van der Waals surface area contributed by atoms with Gasteiger partial charge < -0.3 is 10.8 Å². The van der Waals surface area contributed by atoms with Crippen LogP contribution >= 0.6 is 23.3 Å². The quantitative estimate of drug-likeness (QED) is 0.739. The van der Waals surface area contributed by atoms with Crippen LogP contribution in [0, 0.1) is 0 Å². The summed E-state index contributed by atoms with van der Waals surface area (Å²) in [6.45, 7) is 3.83. The number of hydrogen-bond acceptors (Lipinski definition) is 6. The zero-order valence-corrected chi connectivity index (χ0v) is 9.99. The molecule has 1 atom stereocenters. The van der Waals surface area contributed by atoms with Gasteiger partial charge in [-0.1, -0.05) is 18.7 Å². The minimum atomic E-state index is -0.539. The normalized spacial score (nSPS) is 15.4. The molecule has 0 aromatic carbocycles. The Labute approximate surface area is 92.1 Å². The molecule has 1 heterocycles. The molecule has 4 nitrogen and oxygen atoms in total. The second-order valence-corrected chi connectivity index (χ2v) is 5.41. The fraction of sp³-hybridized carbons (Fsp3) is 0.750. The van der Waals surface area contributed by atoms with Crippen molar-refractivity contribution in [3.63, 3.8) is 0 Å². The summed E-state index contributed by atoms with van der Waals surface area (Å²) >= 11 is 2.94. The fourth-order valence-electron chi connectivity index (χ4n) is 0.712. The number of aromatic nitrogens is 2. The van der Waals surface area contributed by atoms with Gasteiger partial charge in [-0.2, -0.15) is 4.37 Å². The van der Waals surface area contributed by atoms with E-state index in [1.165, 1.54) is 11.5 Å². The summed E-state index contributed by atoms with van der Waals surface area (Å²) in [7, 11) is 0. The molecule has 1 unspecified atom stereocenters. The van der Waals surface area contributed by atoms with E-state index in [1.807, 2.05) is 13.8 Å². The molecule has 80 valence electrons. The van der Waals surface area contributed by atoms with Crippen LogP contribution in [0.15, 0.2) is 4.34 Å². The van der Waals surface area contributed by atoms with Gasteiger partial charge in [0, 0.05) is 17.7 Å². The molecule has 0 amide bonds. The van der Waals surface area contributed by atoms with Gasteiger partial charge in [-0.3, -0.25) is 0 Å². The topological polar surface area (TPSA) is 72.0 Å². The van der Waals surface area contributed by atoms with E-state index in [1.54, 1.807) is 11.8 Å². The number of aliphatic hydroxyl groups excluding tert-OH is 1. The molecule has 0 fully saturated rings. The highest BCUT2D eigenvalue weighted by atomic mass is 32.2. The summed E-state index contributed by atoms with van der Waals surface area (Å²) in [6, 6.07) is 0. The first-order valence-corrected chi connectivity index (χ1v) is 6.18. The van der Waals surface area contributed by atoms with Crippen molar-refractivity contribution in [3.8, 4) is 0 Å². The Bertz CT molecular complexity index is 288. The molecular weight excluding hydrogens is 218 g/mol. The van der Waals surface area contributed by atoms with Crippen molar-refractivity contribution in [2.45, 2.75) is 30.1 Å². The van der Waals surface area contributed by atoms with Crippen molar-refractivity contribution >= 4 is 23.3 Å². The SMILES string of the molecule is CCc1nsc(SCC(C)(N)CO)n1. The van der Waals surface area contributed by atoms with Crippen LogP contribution < -0.4 is 5.73 Å². The van der Waals surface area contributed by atoms with Gasteiger partial charge in [0.25, 0.3) is 0 Å². The van der Waals surface area contributed by atoms with Gasteiger partial charge in [-0.05, 0) is 18.5 Å². The molecule has 0 saturated heterocycles. The van der Waals surface area contributed by atoms with Gasteiger partial charge in [-0.25, -0.2) is 4.98 Å². The fourth-order valence-corrected chi connectivity index (χ4v) is 2.43. The van der Waals surface area contributed by atoms with Crippen molar-refractivity contribution in [1.29, 1.82) is 0 Å². The average molecular weight is 233 g/mol. The molecule has 3 N–H and O–H groups in total. The number of nitrogens with two attached hydrogens (primary N) is 1. The van der Waals surface area contributed by atoms with Crippen LogP contribution in [0.1, 0.15) is 19.7 Å². The molecule has 0 aliphatic rings. The highest BCUT2D eigenvalue weighted by Crippen LogP contribution is 2.23. The number of aryl methyl sites for hydroxylation is 1. The van der Waals surface area contributed by atoms with Crippen molar-refractivity contribution in [3.05, 3.63) is 5.82 Å². The summed E-state index contributed by atoms with van der Waals surface area (Å²) in [5.41, 5.74) is 5.25. The first-order valence-electron chi connectivity index (χ1n) is 4.42. The van der Waals surface area contributed by atoms with E-state index in [9.17, 15) is 0 Å². The van der Waals surface area contributed by atoms with Crippen LogP contribution in [0.5, 0.6) is 0 Å². The molecule has 0 radical (unpaired) electrons. The lowest BCUT2D eigenvalue weighted by atomic mass is 10.1. The first-order chi connectivity index (χ1) is 6.57. The van der Waals surface area contributed by atoms with E-state index in [-0.39, 0.29) is 6.61 Å². The molecule has 0 aliphatic carbocycles. The van der Waals surface area contributed by atoms with Crippen molar-refractivity contribution in [2.24, 2.45) is 5.73 Å². The third-order valence-corrected chi connectivity index (χ3v) is 3.92. The predicted molar refractivity (Wildman–Crippen MR) is 59.7 cm³/mol. The van der Waals surface area contributed by atoms with Crippen LogP contribution in [-0.4, -0.2) is 32.4 Å². The maximum absolute atomic E-state index is 8.95. The minimum Gasteiger partial charge on any atom is -0.394 e. The van der Waals surface area contributed by atoms with E-state index in [0.29, 0.717) is 5.75 Å². The molecule has 1 aromatic rings. The van der Waals surface area contributed by atoms with E-state index in [0.717, 1.165) is 16.6 Å². The lowest BCUT2D eigenvalue weighted by Gasteiger charge is -2.19. The molecule has 1 aromatic heterocycles. The third-order valence-electron chi connectivity index (χ3n) is 1.65. The van der Waals surface area contributed by atoms with Crippen molar-refractivity contribution in [1.82, 2.24) is 9.36 Å². The van der Waals surface area contributed by atoms with Crippen LogP contribution in [0.25, 0.3) is 0 Å². The van der Waals surface area contributed by atoms with Gasteiger partial charge in [0.2, 0.25) is 0 Å². The van der Waals surface area contributed by atoms with E-state index < -0.39 is 5.54 Å². The Morgan fingerprint density at radius 1 is 1.64 bits per heavy atom. The number of rotatable bonds is 5. The maximum atomic E-state index is 8.95. The van der Waals surface area contributed by atoms with Gasteiger partial charge in [-0.15, -0.1) is 0 Å². The predicted octanol–water partition coefficient (Wildman–Crippen LogP) is 0.902. The number of hydrogen-bond donors (Lipinski definition) is 2. The second-order valence-electron chi connectivity index (χ2n) is 3.43. The lowest BCUT2D eigenvalue weighted by Crippen LogP contribution is -2.42. The summed E-state index contributed by atoms with van der Waals surface area (Å²) in [5, 5.41) is 8.95. The van der Waals surface area contributed by atoms with Gasteiger partial charge in [0.1, 0.15) is 5.82 Å². The Balaban J connectivity index is 2.45. The highest BCUT2D eigenvalue weighted by Gasteiger charge is 2.18. The number of nitrogens with zero attached hydrogens (tertiary/aromatic N) is 2. The molecule has 14 heavy (non-hydrogen) atoms. The summed E-state index contributed by atoms with van der Waals surface area (Å²) in [4.78, 5) is 4.30. The van der Waals surface area contributed by atoms with Crippen LogP contribution in [0.4, 0.5) is 0 Å². The van der Waals surface area contributed by atoms with Crippen LogP contribution in [0.3, 0.4) is 0 Å². The molecule has 0 saturated carbocycles. The van der Waals surface area contributed by atoms with Crippen LogP contribution in [-0.2, 0) is 6.42 Å². The third kappa shape index (κ3) is 3.53. The maximum Gasteiger partial charge on any atom is 0.170 e. The van der Waals surface area contributed by atoms with Crippen LogP contribution in [0.2, 0.25) is 0 Å². The summed E-state index contributed by atoms with van der Waals surface area (Å²) in [5.74, 6) is 1.53. The zero-order chi connectivity index (χ0) is 10.6. The van der Waals surface area contributed by atoms with Crippen molar-refractivity contribution in [2.75, 3.05) is 12.4 Å². The molecular formula is C8H15N3OS2. The van der Waals surface area contributed by atoms with Crippen molar-refractivity contribution < 1.29 is 5.11 Å². The van der Waals surface area contributed by atoms with Gasteiger partial charge in [0.15, 0.2) is 4.34 Å². The van der Waals surface area contributed by atoms with E-state index >= 15 is 0 Å². The zero-order valence-electron chi connectivity index (χ0n) is 8.36. The molecule has 1 rings (SSSR count). The number of aliphatic hydroxyl groups is 1. The lowest BCUT2D eigenvalue weighted by molar-refractivity contribution is 0.224. The monoisotopic (exact) mass is 233 g/mol. The van der Waals surface area contributed by atoms with Gasteiger partial charge >= 0.3 is 0 Å². The smallest absolute Gasteiger partial charge is 0.170 e. The van der Waals surface area contributed by atoms with E-state index in [4.69, 9.17) is 10.8 Å². The molecule has 0 spiro atoms. The molecule has 0 bridgehead atoms. The summed E-state index contributed by atoms with van der Waals surface area (Å²) in [6.07, 6.45) is 0.858. The Hall–Kier alpha value is -0.170. The standard InChI is InChI=1S/C8H15N3OS2/c1-3-6-10-7(14-11-6)13-5-8(2,9)4-12/h12H,3-5,9H2,1-2H3. The Morgan fingerprint density at radius 3 is 2.86 bits per heavy atom.